The first-order chi connectivity index (χ1) is 18.9. The Morgan fingerprint density at radius 1 is 0.975 bits per heavy atom. The number of benzene rings is 3. The summed E-state index contributed by atoms with van der Waals surface area (Å²) in [6.45, 7) is 0.344. The van der Waals surface area contributed by atoms with Crippen LogP contribution in [0.3, 0.4) is 0 Å². The first kappa shape index (κ1) is 29.3. The van der Waals surface area contributed by atoms with Crippen LogP contribution in [0, 0.1) is 0 Å². The van der Waals surface area contributed by atoms with Crippen LogP contribution in [0.4, 0.5) is 0 Å². The number of carbonyl (C=O) groups is 2. The van der Waals surface area contributed by atoms with Crippen molar-refractivity contribution in [1.82, 2.24) is 5.32 Å². The Morgan fingerprint density at radius 2 is 1.65 bits per heavy atom. The van der Waals surface area contributed by atoms with Gasteiger partial charge in [0, 0.05) is 40.0 Å². The molecule has 0 radical (unpaired) electrons. The minimum Gasteiger partial charge on any atom is -0.549 e. The Morgan fingerprint density at radius 3 is 2.27 bits per heavy atom. The molecular formula is C31H28Cl2NNaO5. The summed E-state index contributed by atoms with van der Waals surface area (Å²) in [5.41, 5.74) is 3.62. The van der Waals surface area contributed by atoms with E-state index >= 15 is 0 Å². The first-order valence-electron chi connectivity index (χ1n) is 13.4. The Bertz CT molecular complexity index is 1400. The number of hydrogen-bond donors (Lipinski definition) is 1. The summed E-state index contributed by atoms with van der Waals surface area (Å²) >= 11 is 12.3. The molecule has 2 atom stereocenters. The summed E-state index contributed by atoms with van der Waals surface area (Å²) in [4.78, 5) is 24.7. The summed E-state index contributed by atoms with van der Waals surface area (Å²) in [6, 6.07) is 16.3. The number of fused-ring (bicyclic) bond motifs is 1. The molecular weight excluding hydrogens is 560 g/mol. The molecule has 0 bridgehead atoms. The molecule has 202 valence electrons. The zero-order chi connectivity index (χ0) is 27.1. The molecule has 2 saturated carbocycles. The summed E-state index contributed by atoms with van der Waals surface area (Å²) in [5, 5.41) is 15.4. The maximum absolute atomic E-state index is 12.8. The molecule has 0 spiro atoms. The van der Waals surface area contributed by atoms with Crippen LogP contribution in [0.1, 0.15) is 82.5 Å². The third-order valence-electron chi connectivity index (χ3n) is 7.59. The third kappa shape index (κ3) is 6.47. The number of carboxylic acid groups (broad SMARTS) is 1. The summed E-state index contributed by atoms with van der Waals surface area (Å²) < 4.78 is 12.6. The van der Waals surface area contributed by atoms with E-state index in [1.807, 2.05) is 18.2 Å². The van der Waals surface area contributed by atoms with E-state index in [1.165, 1.54) is 0 Å². The van der Waals surface area contributed by atoms with Gasteiger partial charge in [-0.05, 0) is 97.5 Å². The van der Waals surface area contributed by atoms with Crippen LogP contribution in [0.15, 0.2) is 54.6 Å². The quantitative estimate of drug-likeness (QED) is 0.236. The van der Waals surface area contributed by atoms with Crippen molar-refractivity contribution in [2.24, 2.45) is 0 Å². The van der Waals surface area contributed by atoms with Crippen LogP contribution in [-0.4, -0.2) is 24.0 Å². The van der Waals surface area contributed by atoms with Crippen molar-refractivity contribution in [3.63, 3.8) is 0 Å². The third-order valence-corrected chi connectivity index (χ3v) is 8.11. The van der Waals surface area contributed by atoms with Crippen LogP contribution < -0.4 is 49.5 Å². The number of carboxylic acids is 1. The van der Waals surface area contributed by atoms with E-state index in [-0.39, 0.29) is 35.5 Å². The van der Waals surface area contributed by atoms with E-state index < -0.39 is 17.4 Å². The molecule has 6 nitrogen and oxygen atoms in total. The van der Waals surface area contributed by atoms with Crippen molar-refractivity contribution >= 4 is 35.1 Å². The number of aliphatic carboxylic acids is 1. The van der Waals surface area contributed by atoms with E-state index in [0.29, 0.717) is 53.4 Å². The number of alkyl halides is 1. The molecule has 1 aliphatic heterocycles. The van der Waals surface area contributed by atoms with Gasteiger partial charge in [-0.15, -0.1) is 0 Å². The van der Waals surface area contributed by atoms with Crippen molar-refractivity contribution in [2.75, 3.05) is 6.61 Å². The van der Waals surface area contributed by atoms with Gasteiger partial charge in [-0.25, -0.2) is 0 Å². The monoisotopic (exact) mass is 587 g/mol. The number of rotatable bonds is 9. The number of carbonyl (C=O) groups excluding carboxylic acids is 2. The molecule has 1 N–H and O–H groups in total. The Balaban J connectivity index is 0.00000323. The molecule has 0 aromatic heterocycles. The van der Waals surface area contributed by atoms with Gasteiger partial charge in [0.1, 0.15) is 22.7 Å². The number of amides is 1. The largest absolute Gasteiger partial charge is 1.00 e. The molecule has 3 aromatic carbocycles. The van der Waals surface area contributed by atoms with Crippen LogP contribution in [0.25, 0.3) is 0 Å². The topological polar surface area (TPSA) is 87.7 Å². The van der Waals surface area contributed by atoms with E-state index in [0.717, 1.165) is 53.7 Å². The molecule has 6 rings (SSSR count). The van der Waals surface area contributed by atoms with E-state index in [2.05, 4.69) is 5.32 Å². The average Bonchev–Trinajstić information content (AvgIpc) is 3.84. The molecule has 9 heteroatoms. The molecule has 2 aliphatic carbocycles. The first-order valence-corrected chi connectivity index (χ1v) is 14.2. The minimum atomic E-state index is -1.06. The fourth-order valence-electron chi connectivity index (χ4n) is 5.26. The van der Waals surface area contributed by atoms with Crippen molar-refractivity contribution in [3.8, 4) is 17.2 Å². The molecule has 2 fully saturated rings. The van der Waals surface area contributed by atoms with Gasteiger partial charge >= 0.3 is 29.6 Å². The molecule has 0 saturated heterocycles. The van der Waals surface area contributed by atoms with Crippen LogP contribution in [-0.2, 0) is 11.2 Å². The molecule has 2 unspecified atom stereocenters. The van der Waals surface area contributed by atoms with Gasteiger partial charge in [0.05, 0.1) is 6.61 Å². The maximum atomic E-state index is 12.8. The fourth-order valence-corrected chi connectivity index (χ4v) is 5.67. The SMILES string of the molecule is O=C(NC(Cl)Cc1ccc(Cl)cc1)c1ccc(Oc2c(C3CC3)cc3c(c2C2CC2)OCCC3C(=O)[O-])cc1.[Na+]. The summed E-state index contributed by atoms with van der Waals surface area (Å²) in [6.07, 6.45) is 5.01. The van der Waals surface area contributed by atoms with Crippen molar-refractivity contribution in [1.29, 1.82) is 0 Å². The standard InChI is InChI=1S/C31H29Cl2NO5.Na/c32-21-9-1-17(2-10-21)15-26(33)34-30(35)20-7-11-22(12-8-20)39-29-24(18-3-4-18)16-25-23(31(36)37)13-14-38-28(25)27(29)19-5-6-19;/h1-2,7-12,16,18-19,23,26H,3-6,13-15H2,(H,34,35)(H,36,37);/q;+1/p-1. The van der Waals surface area contributed by atoms with Crippen molar-refractivity contribution < 1.29 is 53.7 Å². The van der Waals surface area contributed by atoms with E-state index in [9.17, 15) is 14.7 Å². The zero-order valence-corrected chi connectivity index (χ0v) is 25.8. The zero-order valence-electron chi connectivity index (χ0n) is 22.3. The summed E-state index contributed by atoms with van der Waals surface area (Å²) in [5.74, 6) is 0.673. The van der Waals surface area contributed by atoms with Gasteiger partial charge in [-0.1, -0.05) is 35.3 Å². The Hall–Kier alpha value is -2.22. The van der Waals surface area contributed by atoms with Gasteiger partial charge in [0.15, 0.2) is 0 Å². The van der Waals surface area contributed by atoms with Crippen LogP contribution in [0.2, 0.25) is 5.02 Å². The minimum absolute atomic E-state index is 0. The maximum Gasteiger partial charge on any atom is 1.00 e. The Kier molecular flexibility index (Phi) is 9.03. The number of ether oxygens (including phenoxy) is 2. The smallest absolute Gasteiger partial charge is 0.549 e. The van der Waals surface area contributed by atoms with E-state index in [4.69, 9.17) is 32.7 Å². The van der Waals surface area contributed by atoms with Gasteiger partial charge in [0.25, 0.3) is 5.91 Å². The second-order valence-corrected chi connectivity index (χ2v) is 11.5. The van der Waals surface area contributed by atoms with Crippen molar-refractivity contribution in [3.05, 3.63) is 87.4 Å². The molecule has 40 heavy (non-hydrogen) atoms. The Labute approximate surface area is 265 Å². The molecule has 1 amide bonds. The van der Waals surface area contributed by atoms with Crippen LogP contribution >= 0.6 is 23.2 Å². The van der Waals surface area contributed by atoms with E-state index in [1.54, 1.807) is 36.4 Å². The van der Waals surface area contributed by atoms with Gasteiger partial charge in [-0.3, -0.25) is 4.79 Å². The number of hydrogen-bond acceptors (Lipinski definition) is 5. The molecule has 3 aliphatic rings. The summed E-state index contributed by atoms with van der Waals surface area (Å²) in [7, 11) is 0. The predicted octanol–water partition coefficient (Wildman–Crippen LogP) is 3.04. The fraction of sp³-hybridized carbons (Fsp3) is 0.355. The van der Waals surface area contributed by atoms with Crippen molar-refractivity contribution in [2.45, 2.75) is 61.8 Å². The second kappa shape index (κ2) is 12.3. The average molecular weight is 588 g/mol. The molecule has 1 heterocycles. The number of halogens is 2. The number of nitrogens with one attached hydrogen (secondary N) is 1. The second-order valence-electron chi connectivity index (χ2n) is 10.6. The van der Waals surface area contributed by atoms with Gasteiger partial charge in [-0.2, -0.15) is 0 Å². The van der Waals surface area contributed by atoms with Gasteiger partial charge < -0.3 is 24.7 Å². The normalized spacial score (nSPS) is 18.5. The van der Waals surface area contributed by atoms with Gasteiger partial charge in [0.2, 0.25) is 0 Å². The predicted molar refractivity (Wildman–Crippen MR) is 147 cm³/mol. The molecule has 3 aromatic rings. The van der Waals surface area contributed by atoms with Crippen LogP contribution in [0.5, 0.6) is 17.2 Å².